The molecule has 1 aromatic rings. The van der Waals surface area contributed by atoms with Crippen molar-refractivity contribution in [1.29, 1.82) is 0 Å². The molecule has 2 nitrogen and oxygen atoms in total. The molecule has 0 radical (unpaired) electrons. The highest BCUT2D eigenvalue weighted by atomic mass is 28.4. The summed E-state index contributed by atoms with van der Waals surface area (Å²) < 4.78 is 13.9. The molecule has 3 aliphatic rings. The zero-order valence-corrected chi connectivity index (χ0v) is 33.7. The lowest BCUT2D eigenvalue weighted by molar-refractivity contribution is 0.0121. The van der Waals surface area contributed by atoms with Crippen LogP contribution in [0.3, 0.4) is 0 Å². The van der Waals surface area contributed by atoms with Gasteiger partial charge in [0, 0.05) is 6.42 Å². The van der Waals surface area contributed by atoms with E-state index in [-0.39, 0.29) is 5.60 Å². The number of hydrogen-bond acceptors (Lipinski definition) is 2. The van der Waals surface area contributed by atoms with E-state index in [1.54, 1.807) is 11.1 Å². The molecular weight excluding hydrogens is 581 g/mol. The van der Waals surface area contributed by atoms with E-state index in [2.05, 4.69) is 120 Å². The molecule has 0 bridgehead atoms. The fourth-order valence-electron chi connectivity index (χ4n) is 11.3. The fourth-order valence-corrected chi connectivity index (χ4v) is 19.6. The van der Waals surface area contributed by atoms with Gasteiger partial charge < -0.3 is 8.85 Å². The van der Waals surface area contributed by atoms with Crippen LogP contribution in [0.25, 0.3) is 0 Å². The van der Waals surface area contributed by atoms with Gasteiger partial charge >= 0.3 is 0 Å². The molecule has 0 N–H and O–H groups in total. The van der Waals surface area contributed by atoms with Crippen molar-refractivity contribution in [2.45, 2.75) is 181 Å². The van der Waals surface area contributed by atoms with Gasteiger partial charge in [0.2, 0.25) is 0 Å². The lowest BCUT2D eigenvalue weighted by Crippen LogP contribution is -2.50. The molecular formula is C41H70O2Si2. The SMILES string of the molecule is CC[Si](CC)(CC)OC(C)(C)C#CC[C@@H](C)[C@H]1CC[C@H]2[C@@H]3CCc4cc(O[Si](C(C)C)(C(C)C)C(C)C)ccc4[C@H]3CC[C@]12C. The topological polar surface area (TPSA) is 18.5 Å². The predicted molar refractivity (Wildman–Crippen MR) is 200 cm³/mol. The lowest BCUT2D eigenvalue weighted by atomic mass is 9.53. The van der Waals surface area contributed by atoms with Gasteiger partial charge in [-0.15, -0.1) is 5.92 Å². The summed E-state index contributed by atoms with van der Waals surface area (Å²) in [7, 11) is -3.61. The zero-order chi connectivity index (χ0) is 33.4. The summed E-state index contributed by atoms with van der Waals surface area (Å²) in [5, 5.41) is 0. The first kappa shape index (κ1) is 36.8. The average molecular weight is 651 g/mol. The van der Waals surface area contributed by atoms with Gasteiger partial charge in [0.15, 0.2) is 8.32 Å². The molecule has 4 heteroatoms. The summed E-state index contributed by atoms with van der Waals surface area (Å²) in [6, 6.07) is 10.9. The summed E-state index contributed by atoms with van der Waals surface area (Å²) >= 11 is 0. The minimum Gasteiger partial charge on any atom is -0.543 e. The Kier molecular flexibility index (Phi) is 11.6. The fraction of sp³-hybridized carbons (Fsp3) is 0.805. The Morgan fingerprint density at radius 2 is 1.51 bits per heavy atom. The van der Waals surface area contributed by atoms with Gasteiger partial charge in [-0.3, -0.25) is 0 Å². The zero-order valence-electron chi connectivity index (χ0n) is 31.7. The normalized spacial score (nSPS) is 27.6. The largest absolute Gasteiger partial charge is 0.543 e. The molecule has 0 amide bonds. The second-order valence-corrected chi connectivity index (χ2v) is 27.3. The molecule has 45 heavy (non-hydrogen) atoms. The highest BCUT2D eigenvalue weighted by Crippen LogP contribution is 2.64. The second kappa shape index (κ2) is 14.2. The van der Waals surface area contributed by atoms with E-state index >= 15 is 0 Å². The van der Waals surface area contributed by atoms with Gasteiger partial charge in [-0.25, -0.2) is 0 Å². The Bertz CT molecular complexity index is 1170. The van der Waals surface area contributed by atoms with Crippen LogP contribution >= 0.6 is 0 Å². The Morgan fingerprint density at radius 1 is 0.889 bits per heavy atom. The first-order valence-corrected chi connectivity index (χ1v) is 23.8. The van der Waals surface area contributed by atoms with Crippen molar-refractivity contribution in [3.05, 3.63) is 29.3 Å². The second-order valence-electron chi connectivity index (χ2n) is 17.3. The van der Waals surface area contributed by atoms with Crippen molar-refractivity contribution in [2.24, 2.45) is 29.1 Å². The molecule has 0 aromatic heterocycles. The maximum absolute atomic E-state index is 7.13. The summed E-state index contributed by atoms with van der Waals surface area (Å²) in [4.78, 5) is 0. The van der Waals surface area contributed by atoms with E-state index in [4.69, 9.17) is 8.85 Å². The molecule has 0 saturated heterocycles. The molecule has 0 aliphatic heterocycles. The Hall–Kier alpha value is -1.03. The highest BCUT2D eigenvalue weighted by molar-refractivity contribution is 6.78. The quantitative estimate of drug-likeness (QED) is 0.165. The maximum atomic E-state index is 7.13. The van der Waals surface area contributed by atoms with Crippen LogP contribution in [0.1, 0.15) is 146 Å². The lowest BCUT2D eigenvalue weighted by Gasteiger charge is -2.52. The monoisotopic (exact) mass is 650 g/mol. The van der Waals surface area contributed by atoms with Crippen molar-refractivity contribution in [1.82, 2.24) is 0 Å². The first-order valence-electron chi connectivity index (χ1n) is 19.1. The van der Waals surface area contributed by atoms with E-state index < -0.39 is 16.6 Å². The Labute approximate surface area is 281 Å². The van der Waals surface area contributed by atoms with E-state index in [1.165, 1.54) is 56.7 Å². The van der Waals surface area contributed by atoms with Gasteiger partial charge in [0.25, 0.3) is 8.32 Å². The number of aryl methyl sites for hydroxylation is 1. The van der Waals surface area contributed by atoms with Crippen molar-refractivity contribution in [3.63, 3.8) is 0 Å². The van der Waals surface area contributed by atoms with Gasteiger partial charge in [-0.1, -0.05) is 88.1 Å². The molecule has 2 saturated carbocycles. The van der Waals surface area contributed by atoms with Gasteiger partial charge in [0.05, 0.1) is 0 Å². The van der Waals surface area contributed by atoms with Crippen LogP contribution in [0.2, 0.25) is 34.8 Å². The molecule has 3 aliphatic carbocycles. The van der Waals surface area contributed by atoms with Crippen molar-refractivity contribution < 1.29 is 8.85 Å². The van der Waals surface area contributed by atoms with Crippen LogP contribution in [0.15, 0.2) is 18.2 Å². The summed E-state index contributed by atoms with van der Waals surface area (Å²) in [5.41, 5.74) is 5.16. The molecule has 0 spiro atoms. The third kappa shape index (κ3) is 7.08. The Balaban J connectivity index is 1.46. The molecule has 0 heterocycles. The van der Waals surface area contributed by atoms with Crippen LogP contribution in [0.4, 0.5) is 0 Å². The maximum Gasteiger partial charge on any atom is 0.258 e. The van der Waals surface area contributed by atoms with Crippen LogP contribution < -0.4 is 4.43 Å². The number of rotatable bonds is 12. The van der Waals surface area contributed by atoms with Crippen molar-refractivity contribution >= 4 is 16.6 Å². The van der Waals surface area contributed by atoms with E-state index in [9.17, 15) is 0 Å². The van der Waals surface area contributed by atoms with Gasteiger partial charge in [0.1, 0.15) is 11.4 Å². The molecule has 4 rings (SSSR count). The molecule has 6 atom stereocenters. The Morgan fingerprint density at radius 3 is 2.09 bits per heavy atom. The highest BCUT2D eigenvalue weighted by Gasteiger charge is 2.55. The number of hydrogen-bond donors (Lipinski definition) is 0. The summed E-state index contributed by atoms with van der Waals surface area (Å²) in [6.45, 7) is 30.9. The third-order valence-electron chi connectivity index (χ3n) is 13.7. The summed E-state index contributed by atoms with van der Waals surface area (Å²) in [6.07, 6.45) is 9.10. The third-order valence-corrected chi connectivity index (χ3v) is 24.5. The molecule has 2 fully saturated rings. The standard InChI is InChI=1S/C41H70O2Si2/c1-14-44(15-2,16-3)43-40(11,12)26-17-18-32(10)38-23-24-39-37-21-19-33-28-34(42-45(29(4)5,30(6)7)31(8)9)20-22-35(33)36(37)25-27-41(38,39)13/h20,22,28-32,36-39H,14-16,18-19,21,23-25,27H2,1-13H3/t32-,36-,37-,38-,39+,41-/m1/s1. The van der Waals surface area contributed by atoms with E-state index in [0.29, 0.717) is 28.0 Å². The van der Waals surface area contributed by atoms with Crippen molar-refractivity contribution in [2.75, 3.05) is 0 Å². The predicted octanol–water partition coefficient (Wildman–Crippen LogP) is 12.5. The minimum atomic E-state index is -1.95. The van der Waals surface area contributed by atoms with Crippen LogP contribution in [0, 0.1) is 40.9 Å². The van der Waals surface area contributed by atoms with Crippen LogP contribution in [0.5, 0.6) is 5.75 Å². The van der Waals surface area contributed by atoms with E-state index in [1.807, 2.05) is 0 Å². The van der Waals surface area contributed by atoms with Crippen LogP contribution in [-0.2, 0) is 10.8 Å². The first-order chi connectivity index (χ1) is 21.1. The van der Waals surface area contributed by atoms with Gasteiger partial charge in [-0.05, 0) is 145 Å². The minimum absolute atomic E-state index is 0.337. The molecule has 0 unspecified atom stereocenters. The van der Waals surface area contributed by atoms with Crippen LogP contribution in [-0.4, -0.2) is 22.2 Å². The number of benzene rings is 1. The summed E-state index contributed by atoms with van der Waals surface area (Å²) in [5.74, 6) is 12.3. The molecule has 1 aromatic carbocycles. The average Bonchev–Trinajstić information content (AvgIpc) is 3.35. The number of fused-ring (bicyclic) bond motifs is 5. The molecule has 254 valence electrons. The van der Waals surface area contributed by atoms with Crippen molar-refractivity contribution in [3.8, 4) is 17.6 Å². The smallest absolute Gasteiger partial charge is 0.258 e. The van der Waals surface area contributed by atoms with E-state index in [0.717, 1.165) is 35.8 Å². The van der Waals surface area contributed by atoms with Gasteiger partial charge in [-0.2, -0.15) is 0 Å².